The van der Waals surface area contributed by atoms with Crippen molar-refractivity contribution in [1.29, 1.82) is 0 Å². The molecule has 0 aromatic heterocycles. The molecule has 4 fully saturated rings. The predicted octanol–water partition coefficient (Wildman–Crippen LogP) is 3.39. The molecule has 3 saturated carbocycles. The number of rotatable bonds is 5. The van der Waals surface area contributed by atoms with Gasteiger partial charge in [0.2, 0.25) is 0 Å². The van der Waals surface area contributed by atoms with Crippen LogP contribution in [0.5, 0.6) is 0 Å². The van der Waals surface area contributed by atoms with Gasteiger partial charge in [-0.2, -0.15) is 0 Å². The molecular formula is C28H48O6. The molecule has 13 atom stereocenters. The first-order valence-corrected chi connectivity index (χ1v) is 13.4. The zero-order chi connectivity index (χ0) is 27.9. The molecule has 0 aromatic carbocycles. The van der Waals surface area contributed by atoms with Crippen LogP contribution in [-0.2, 0) is 9.53 Å². The number of aliphatic hydroxyl groups excluding tert-OH is 4. The summed E-state index contributed by atoms with van der Waals surface area (Å²) in [5, 5.41) is 43.1. The molecule has 4 rings (SSSR count). The number of hydrogen-bond donors (Lipinski definition) is 4. The van der Waals surface area contributed by atoms with Gasteiger partial charge in [-0.1, -0.05) is 41.5 Å². The van der Waals surface area contributed by atoms with Crippen molar-refractivity contribution in [2.45, 2.75) is 104 Å². The lowest BCUT2D eigenvalue weighted by atomic mass is 9.48. The highest BCUT2D eigenvalue weighted by molar-refractivity contribution is 5.74. The van der Waals surface area contributed by atoms with Crippen molar-refractivity contribution in [2.24, 2.45) is 58.1 Å². The van der Waals surface area contributed by atoms with Crippen molar-refractivity contribution in [3.8, 4) is 0 Å². The van der Waals surface area contributed by atoms with Gasteiger partial charge in [-0.15, -0.1) is 0 Å². The van der Waals surface area contributed by atoms with Gasteiger partial charge in [-0.05, 0) is 90.8 Å². The summed E-state index contributed by atoms with van der Waals surface area (Å²) in [4.78, 5) is 13.3. The van der Waals surface area contributed by atoms with E-state index in [1.807, 2.05) is 27.7 Å². The molecule has 34 heavy (non-hydrogen) atoms. The lowest BCUT2D eigenvalue weighted by molar-refractivity contribution is -0.162. The summed E-state index contributed by atoms with van der Waals surface area (Å²) >= 11 is 0. The van der Waals surface area contributed by atoms with E-state index < -0.39 is 54.2 Å². The number of cyclic esters (lactones) is 1. The molecule has 6 nitrogen and oxygen atoms in total. The molecule has 1 aliphatic heterocycles. The number of ether oxygens (including phenoxy) is 1. The topological polar surface area (TPSA) is 107 Å². The number of fused-ring (bicyclic) bond motifs is 5. The summed E-state index contributed by atoms with van der Waals surface area (Å²) in [5.74, 6) is -3.95. The monoisotopic (exact) mass is 486 g/mol. The third-order valence-electron chi connectivity index (χ3n) is 11.0. The zero-order valence-corrected chi connectivity index (χ0v) is 21.7. The predicted molar refractivity (Wildman–Crippen MR) is 130 cm³/mol. The van der Waals surface area contributed by atoms with E-state index >= 15 is 0 Å². The van der Waals surface area contributed by atoms with Crippen LogP contribution in [0.3, 0.4) is 0 Å². The molecule has 1 saturated heterocycles. The van der Waals surface area contributed by atoms with Crippen LogP contribution in [-0.4, -0.2) is 57.4 Å². The highest BCUT2D eigenvalue weighted by Gasteiger charge is 2.63. The number of esters is 1. The van der Waals surface area contributed by atoms with E-state index in [1.54, 1.807) is 6.92 Å². The van der Waals surface area contributed by atoms with Gasteiger partial charge in [0.05, 0.1) is 39.6 Å². The first-order valence-electron chi connectivity index (χ1n) is 14.9. The van der Waals surface area contributed by atoms with Gasteiger partial charge in [0.1, 0.15) is 0 Å². The van der Waals surface area contributed by atoms with E-state index in [0.29, 0.717) is 12.8 Å². The average molecular weight is 487 g/mol. The molecule has 196 valence electrons. The first kappa shape index (κ1) is 22.5. The Labute approximate surface area is 209 Å². The van der Waals surface area contributed by atoms with Crippen LogP contribution in [0.25, 0.3) is 0 Å². The number of carbonyl (C=O) groups excluding carboxylic acids is 1. The summed E-state index contributed by atoms with van der Waals surface area (Å²) in [6.07, 6.45) is -1.49. The molecule has 0 unspecified atom stereocenters. The van der Waals surface area contributed by atoms with Crippen molar-refractivity contribution in [1.82, 2.24) is 0 Å². The van der Waals surface area contributed by atoms with Crippen molar-refractivity contribution < 1.29 is 34.1 Å². The maximum Gasteiger partial charge on any atom is 0.309 e. The van der Waals surface area contributed by atoms with Crippen molar-refractivity contribution >= 4 is 5.97 Å². The number of carbonyl (C=O) groups is 1. The second-order valence-corrected chi connectivity index (χ2v) is 12.9. The normalized spacial score (nSPS) is 53.0. The SMILES string of the molecule is [3H]C1([3H])OC(=O)[C@@]2([3H])C[C@H](O)[C@H](O)C[C@]2(C)[C@H]2CC[C@]3(C)[C@@H]([C@H](C)[C@@H](O)[C@H](O)[C@H](C)C(C)C)CC[C@H]3[C@@H]21. The van der Waals surface area contributed by atoms with Crippen molar-refractivity contribution in [3.63, 3.8) is 0 Å². The van der Waals surface area contributed by atoms with Crippen molar-refractivity contribution in [2.75, 3.05) is 6.56 Å². The van der Waals surface area contributed by atoms with Gasteiger partial charge in [-0.3, -0.25) is 4.79 Å². The molecule has 1 heterocycles. The molecule has 0 bridgehead atoms. The molecule has 4 N–H and O–H groups in total. The largest absolute Gasteiger partial charge is 0.465 e. The molecular weight excluding hydrogens is 432 g/mol. The maximum atomic E-state index is 13.3. The fourth-order valence-corrected chi connectivity index (χ4v) is 8.32. The van der Waals surface area contributed by atoms with E-state index in [0.717, 1.165) is 12.8 Å². The third-order valence-corrected chi connectivity index (χ3v) is 11.0. The van der Waals surface area contributed by atoms with Crippen LogP contribution in [0.15, 0.2) is 0 Å². The summed E-state index contributed by atoms with van der Waals surface area (Å²) in [6, 6.07) is 0. The van der Waals surface area contributed by atoms with Crippen LogP contribution in [0, 0.1) is 58.1 Å². The fraction of sp³-hybridized carbons (Fsp3) is 0.964. The minimum atomic E-state index is -2.29. The Kier molecular flexibility index (Phi) is 6.17. The quantitative estimate of drug-likeness (QED) is 0.444. The lowest BCUT2D eigenvalue weighted by Crippen LogP contribution is -2.55. The van der Waals surface area contributed by atoms with Crippen LogP contribution in [0.1, 0.15) is 84.2 Å². The Morgan fingerprint density at radius 3 is 2.29 bits per heavy atom. The maximum absolute atomic E-state index is 13.3. The second-order valence-electron chi connectivity index (χ2n) is 12.9. The molecule has 0 amide bonds. The summed E-state index contributed by atoms with van der Waals surface area (Å²) in [7, 11) is 0. The number of hydrogen-bond acceptors (Lipinski definition) is 6. The Morgan fingerprint density at radius 2 is 1.65 bits per heavy atom. The minimum absolute atomic E-state index is 0.0469. The van der Waals surface area contributed by atoms with Crippen LogP contribution < -0.4 is 0 Å². The highest BCUT2D eigenvalue weighted by atomic mass is 16.5. The smallest absolute Gasteiger partial charge is 0.309 e. The Hall–Kier alpha value is -0.690. The molecule has 4 aliphatic rings. The van der Waals surface area contributed by atoms with Gasteiger partial charge in [0, 0.05) is 1.37 Å². The molecule has 6 heteroatoms. The van der Waals surface area contributed by atoms with Gasteiger partial charge < -0.3 is 25.2 Å². The molecule has 0 aromatic rings. The zero-order valence-electron chi connectivity index (χ0n) is 24.7. The fourth-order valence-electron chi connectivity index (χ4n) is 8.32. The van der Waals surface area contributed by atoms with E-state index in [-0.39, 0.29) is 53.8 Å². The van der Waals surface area contributed by atoms with E-state index in [2.05, 4.69) is 6.92 Å². The summed E-state index contributed by atoms with van der Waals surface area (Å²) in [5.41, 5.74) is -1.38. The van der Waals surface area contributed by atoms with Gasteiger partial charge in [0.15, 0.2) is 0 Å². The Bertz CT molecular complexity index is 886. The third kappa shape index (κ3) is 4.05. The molecule has 0 spiro atoms. The van der Waals surface area contributed by atoms with Crippen LogP contribution in [0.4, 0.5) is 0 Å². The second kappa shape index (κ2) is 9.32. The van der Waals surface area contributed by atoms with Gasteiger partial charge >= 0.3 is 5.97 Å². The van der Waals surface area contributed by atoms with E-state index in [4.69, 9.17) is 7.48 Å². The van der Waals surface area contributed by atoms with Gasteiger partial charge in [0.25, 0.3) is 0 Å². The Balaban J connectivity index is 1.69. The molecule has 3 aliphatic carbocycles. The standard InChI is InChI=1S/C28H48O6/c1-14(2)15(3)24(31)25(32)16(4)18-7-8-19-17-13-34-26(33)21-11-22(29)23(30)12-28(21,6)20(17)9-10-27(18,19)5/h14-25,29-32H,7-13H2,1-6H3/t15-,16+,17+,18-,19+,20+,21-,22+,23-,24-,25-,27-,28-/m1/s1/i13T2,21T. The molecule has 0 radical (unpaired) electrons. The van der Waals surface area contributed by atoms with Crippen LogP contribution >= 0.6 is 0 Å². The summed E-state index contributed by atoms with van der Waals surface area (Å²) in [6.45, 7) is 9.68. The minimum Gasteiger partial charge on any atom is -0.465 e. The average Bonchev–Trinajstić information content (AvgIpc) is 3.14. The Morgan fingerprint density at radius 1 is 1.00 bits per heavy atom. The van der Waals surface area contributed by atoms with Crippen LogP contribution in [0.2, 0.25) is 0 Å². The van der Waals surface area contributed by atoms with Crippen molar-refractivity contribution in [3.05, 3.63) is 0 Å². The van der Waals surface area contributed by atoms with Gasteiger partial charge in [-0.25, -0.2) is 0 Å². The number of aliphatic hydroxyl groups is 4. The summed E-state index contributed by atoms with van der Waals surface area (Å²) < 4.78 is 32.6. The first-order chi connectivity index (χ1) is 16.9. The lowest BCUT2D eigenvalue weighted by Gasteiger charge is -2.56. The highest BCUT2D eigenvalue weighted by Crippen LogP contribution is 2.66. The van der Waals surface area contributed by atoms with E-state index in [1.165, 1.54) is 0 Å². The van der Waals surface area contributed by atoms with E-state index in [9.17, 15) is 26.6 Å².